The number of ether oxygens (including phenoxy) is 1. The summed E-state index contributed by atoms with van der Waals surface area (Å²) in [6.07, 6.45) is 70.2. The third-order valence-corrected chi connectivity index (χ3v) is 13.3. The third-order valence-electron chi connectivity index (χ3n) is 13.3. The molecule has 0 aliphatic rings. The van der Waals surface area contributed by atoms with E-state index in [0.717, 1.165) is 57.8 Å². The highest BCUT2D eigenvalue weighted by atomic mass is 16.5. The second-order valence-corrected chi connectivity index (χ2v) is 20.1. The molecule has 0 saturated heterocycles. The monoisotopic (exact) mass is 952 g/mol. The van der Waals surface area contributed by atoms with Gasteiger partial charge in [0.25, 0.3) is 0 Å². The van der Waals surface area contributed by atoms with Crippen LogP contribution in [0.25, 0.3) is 0 Å². The van der Waals surface area contributed by atoms with Gasteiger partial charge in [-0.15, -0.1) is 0 Å². The van der Waals surface area contributed by atoms with Gasteiger partial charge in [0.05, 0.1) is 25.2 Å². The molecule has 0 radical (unpaired) electrons. The lowest BCUT2D eigenvalue weighted by atomic mass is 10.0. The summed E-state index contributed by atoms with van der Waals surface area (Å²) in [5, 5.41) is 23.8. The van der Waals surface area contributed by atoms with E-state index >= 15 is 0 Å². The van der Waals surface area contributed by atoms with Crippen molar-refractivity contribution in [2.75, 3.05) is 6.61 Å². The van der Waals surface area contributed by atoms with Crippen LogP contribution >= 0.6 is 0 Å². The third kappa shape index (κ3) is 50.0. The molecule has 0 aromatic carbocycles. The smallest absolute Gasteiger partial charge is 0.306 e. The topological polar surface area (TPSA) is 95.9 Å². The van der Waals surface area contributed by atoms with E-state index in [0.29, 0.717) is 19.3 Å². The fraction of sp³-hybridized carbons (Fsp3) is 0.806. The molecule has 68 heavy (non-hydrogen) atoms. The Morgan fingerprint density at radius 2 is 0.779 bits per heavy atom. The van der Waals surface area contributed by atoms with Crippen LogP contribution in [0.3, 0.4) is 0 Å². The maximum Gasteiger partial charge on any atom is 0.306 e. The van der Waals surface area contributed by atoms with Crippen molar-refractivity contribution in [2.45, 2.75) is 315 Å². The fourth-order valence-electron chi connectivity index (χ4n) is 8.82. The minimum absolute atomic E-state index is 0.00141. The molecule has 0 aliphatic heterocycles. The van der Waals surface area contributed by atoms with E-state index in [-0.39, 0.29) is 24.9 Å². The normalized spacial score (nSPS) is 13.5. The number of hydrogen-bond acceptors (Lipinski definition) is 5. The predicted octanol–water partition coefficient (Wildman–Crippen LogP) is 18.4. The van der Waals surface area contributed by atoms with Gasteiger partial charge in [-0.3, -0.25) is 9.59 Å². The Balaban J connectivity index is 4.62. The summed E-state index contributed by atoms with van der Waals surface area (Å²) in [6.45, 7) is 6.45. The highest BCUT2D eigenvalue weighted by Gasteiger charge is 2.23. The van der Waals surface area contributed by atoms with Crippen molar-refractivity contribution >= 4 is 11.9 Å². The van der Waals surface area contributed by atoms with Crippen molar-refractivity contribution in [1.29, 1.82) is 0 Å². The van der Waals surface area contributed by atoms with E-state index in [4.69, 9.17) is 4.74 Å². The maximum absolute atomic E-state index is 13.3. The molecule has 3 atom stereocenters. The number of carbonyl (C=O) groups is 2. The first-order chi connectivity index (χ1) is 33.5. The highest BCUT2D eigenvalue weighted by Crippen LogP contribution is 2.17. The SMILES string of the molecule is CCCCC/C=C\C/C=C\C/C=C\C/C=C\CC(CC(=O)NC(CO)C(O)CCCCCCCCCCCCCCCCC)OC(=O)CCCCCCCCCCC/C=C/CCCCCCCC. The van der Waals surface area contributed by atoms with Gasteiger partial charge >= 0.3 is 5.97 Å². The molecule has 6 nitrogen and oxygen atoms in total. The van der Waals surface area contributed by atoms with Gasteiger partial charge in [-0.25, -0.2) is 0 Å². The molecule has 0 spiro atoms. The van der Waals surface area contributed by atoms with Gasteiger partial charge in [-0.05, 0) is 70.6 Å². The molecular weight excluding hydrogens is 839 g/mol. The molecule has 3 unspecified atom stereocenters. The number of amides is 1. The Kier molecular flexibility index (Phi) is 53.5. The maximum atomic E-state index is 13.3. The second kappa shape index (κ2) is 55.5. The molecule has 396 valence electrons. The van der Waals surface area contributed by atoms with Crippen molar-refractivity contribution in [3.8, 4) is 0 Å². The Labute approximate surface area is 422 Å². The molecule has 0 fully saturated rings. The summed E-state index contributed by atoms with van der Waals surface area (Å²) >= 11 is 0. The number of rotatable bonds is 53. The quantitative estimate of drug-likeness (QED) is 0.0321. The van der Waals surface area contributed by atoms with Crippen molar-refractivity contribution in [2.24, 2.45) is 0 Å². The van der Waals surface area contributed by atoms with Gasteiger partial charge in [-0.1, -0.05) is 268 Å². The van der Waals surface area contributed by atoms with E-state index in [9.17, 15) is 19.8 Å². The number of unbranched alkanes of at least 4 members (excludes halogenated alkanes) is 32. The molecule has 0 aromatic heterocycles. The van der Waals surface area contributed by atoms with Crippen LogP contribution in [0.5, 0.6) is 0 Å². The van der Waals surface area contributed by atoms with Crippen LogP contribution in [0.1, 0.15) is 297 Å². The van der Waals surface area contributed by atoms with Gasteiger partial charge in [0.1, 0.15) is 6.10 Å². The van der Waals surface area contributed by atoms with E-state index in [1.807, 2.05) is 6.08 Å². The van der Waals surface area contributed by atoms with Gasteiger partial charge in [-0.2, -0.15) is 0 Å². The van der Waals surface area contributed by atoms with Crippen LogP contribution < -0.4 is 5.32 Å². The van der Waals surface area contributed by atoms with Crippen molar-refractivity contribution < 1.29 is 24.5 Å². The lowest BCUT2D eigenvalue weighted by Gasteiger charge is -2.24. The number of esters is 1. The Bertz CT molecular complexity index is 1210. The minimum atomic E-state index is -0.813. The first kappa shape index (κ1) is 65.6. The summed E-state index contributed by atoms with van der Waals surface area (Å²) in [5.74, 6) is -0.570. The van der Waals surface area contributed by atoms with Crippen molar-refractivity contribution in [3.63, 3.8) is 0 Å². The number of allylic oxidation sites excluding steroid dienone is 9. The van der Waals surface area contributed by atoms with E-state index in [1.165, 1.54) is 193 Å². The molecule has 3 N–H and O–H groups in total. The Morgan fingerprint density at radius 1 is 0.441 bits per heavy atom. The highest BCUT2D eigenvalue weighted by molar-refractivity contribution is 5.77. The molecule has 1 amide bonds. The molecule has 0 saturated carbocycles. The largest absolute Gasteiger partial charge is 0.461 e. The lowest BCUT2D eigenvalue weighted by molar-refractivity contribution is -0.150. The van der Waals surface area contributed by atoms with Crippen LogP contribution in [0.4, 0.5) is 0 Å². The van der Waals surface area contributed by atoms with Crippen LogP contribution in [0, 0.1) is 0 Å². The van der Waals surface area contributed by atoms with Gasteiger partial charge in [0, 0.05) is 12.8 Å². The van der Waals surface area contributed by atoms with E-state index in [1.54, 1.807) is 0 Å². The summed E-state index contributed by atoms with van der Waals surface area (Å²) < 4.78 is 5.90. The van der Waals surface area contributed by atoms with Crippen LogP contribution in [0.2, 0.25) is 0 Å². The molecule has 0 rings (SSSR count). The Morgan fingerprint density at radius 3 is 1.22 bits per heavy atom. The van der Waals surface area contributed by atoms with E-state index < -0.39 is 18.2 Å². The first-order valence-electron chi connectivity index (χ1n) is 29.5. The summed E-state index contributed by atoms with van der Waals surface area (Å²) in [4.78, 5) is 26.3. The average molecular weight is 953 g/mol. The molecule has 6 heteroatoms. The zero-order valence-electron chi connectivity index (χ0n) is 45.2. The lowest BCUT2D eigenvalue weighted by Crippen LogP contribution is -2.46. The second-order valence-electron chi connectivity index (χ2n) is 20.1. The summed E-state index contributed by atoms with van der Waals surface area (Å²) in [6, 6.07) is -0.733. The zero-order chi connectivity index (χ0) is 49.5. The molecular formula is C62H113NO5. The predicted molar refractivity (Wildman–Crippen MR) is 296 cm³/mol. The molecule has 0 heterocycles. The Hall–Kier alpha value is -2.44. The van der Waals surface area contributed by atoms with Gasteiger partial charge in [0.2, 0.25) is 5.91 Å². The minimum Gasteiger partial charge on any atom is -0.461 e. The number of aliphatic hydroxyl groups excluding tert-OH is 2. The van der Waals surface area contributed by atoms with Gasteiger partial charge < -0.3 is 20.3 Å². The zero-order valence-corrected chi connectivity index (χ0v) is 45.2. The fourth-order valence-corrected chi connectivity index (χ4v) is 8.82. The van der Waals surface area contributed by atoms with Crippen LogP contribution in [0.15, 0.2) is 60.8 Å². The summed E-state index contributed by atoms with van der Waals surface area (Å²) in [7, 11) is 0. The number of nitrogens with one attached hydrogen (secondary N) is 1. The number of carbonyl (C=O) groups excluding carboxylic acids is 2. The van der Waals surface area contributed by atoms with E-state index in [2.05, 4.69) is 80.8 Å². The molecule has 0 aromatic rings. The molecule has 0 aliphatic carbocycles. The number of hydrogen-bond donors (Lipinski definition) is 3. The van der Waals surface area contributed by atoms with Crippen LogP contribution in [-0.4, -0.2) is 46.9 Å². The standard InChI is InChI=1S/C62H113NO5/c1-4-7-10-13-16-19-22-25-28-29-30-31-34-37-40-43-46-49-52-55-62(67)68-58(53-50-47-44-41-38-35-32-26-23-20-17-14-11-8-5-2)56-61(66)63-59(57-64)60(65)54-51-48-45-42-39-36-33-27-24-21-18-15-12-9-6-3/h17,20,25-26,28,32,38,41,47,50,58-60,64-65H,4-16,18-19,21-24,27,29-31,33-37,39-40,42-46,48-49,51-57H2,1-3H3,(H,63,66)/b20-17-,28-25+,32-26-,41-38-,50-47-. The summed E-state index contributed by atoms with van der Waals surface area (Å²) in [5.41, 5.74) is 0. The van der Waals surface area contributed by atoms with Gasteiger partial charge in [0.15, 0.2) is 0 Å². The van der Waals surface area contributed by atoms with Crippen molar-refractivity contribution in [3.05, 3.63) is 60.8 Å². The molecule has 0 bridgehead atoms. The number of aliphatic hydroxyl groups is 2. The average Bonchev–Trinajstić information content (AvgIpc) is 3.33. The van der Waals surface area contributed by atoms with Crippen molar-refractivity contribution in [1.82, 2.24) is 5.32 Å². The first-order valence-corrected chi connectivity index (χ1v) is 29.5. The van der Waals surface area contributed by atoms with Crippen LogP contribution in [-0.2, 0) is 14.3 Å².